The topological polar surface area (TPSA) is 79.3 Å². The lowest BCUT2D eigenvalue weighted by molar-refractivity contribution is -0.126. The molecule has 0 saturated carbocycles. The number of benzene rings is 2. The number of rotatable bonds is 6. The SMILES string of the molecule is O=C(NCc1cccc(Cn2ccnc2)c1)C1CCN(C(=O)Nc2ccccc2)CC1. The fraction of sp³-hybridized carbons (Fsp3) is 0.292. The van der Waals surface area contributed by atoms with Crippen molar-refractivity contribution in [3.63, 3.8) is 0 Å². The Hall–Kier alpha value is -3.61. The molecule has 1 aromatic heterocycles. The van der Waals surface area contributed by atoms with Crippen LogP contribution in [0.15, 0.2) is 73.3 Å². The molecule has 2 N–H and O–H groups in total. The lowest BCUT2D eigenvalue weighted by Gasteiger charge is -2.31. The summed E-state index contributed by atoms with van der Waals surface area (Å²) < 4.78 is 2.01. The number of nitrogens with one attached hydrogen (secondary N) is 2. The van der Waals surface area contributed by atoms with E-state index < -0.39 is 0 Å². The van der Waals surface area contributed by atoms with Gasteiger partial charge in [0.2, 0.25) is 5.91 Å². The van der Waals surface area contributed by atoms with Gasteiger partial charge in [0.15, 0.2) is 0 Å². The molecular formula is C24H27N5O2. The van der Waals surface area contributed by atoms with Crippen molar-refractivity contribution >= 4 is 17.6 Å². The molecule has 1 aliphatic rings. The van der Waals surface area contributed by atoms with Crippen molar-refractivity contribution in [1.82, 2.24) is 19.8 Å². The van der Waals surface area contributed by atoms with Gasteiger partial charge in [-0.3, -0.25) is 4.79 Å². The first-order valence-corrected chi connectivity index (χ1v) is 10.6. The Bertz CT molecular complexity index is 996. The fourth-order valence-electron chi connectivity index (χ4n) is 3.83. The highest BCUT2D eigenvalue weighted by Gasteiger charge is 2.27. The Morgan fingerprint density at radius 3 is 2.52 bits per heavy atom. The maximum atomic E-state index is 12.6. The molecule has 31 heavy (non-hydrogen) atoms. The third-order valence-electron chi connectivity index (χ3n) is 5.56. The van der Waals surface area contributed by atoms with Gasteiger partial charge >= 0.3 is 6.03 Å². The Morgan fingerprint density at radius 2 is 1.77 bits per heavy atom. The van der Waals surface area contributed by atoms with Gasteiger partial charge in [-0.25, -0.2) is 9.78 Å². The minimum atomic E-state index is -0.111. The van der Waals surface area contributed by atoms with E-state index in [4.69, 9.17) is 0 Å². The number of hydrogen-bond acceptors (Lipinski definition) is 3. The molecule has 2 heterocycles. The standard InChI is InChI=1S/C24H27N5O2/c30-23(26-16-19-5-4-6-20(15-19)17-28-14-11-25-18-28)21-9-12-29(13-10-21)24(31)27-22-7-2-1-3-8-22/h1-8,11,14-15,18,21H,9-10,12-13,16-17H2,(H,26,30)(H,27,31). The van der Waals surface area contributed by atoms with Crippen LogP contribution in [0, 0.1) is 5.92 Å². The van der Waals surface area contributed by atoms with Crippen LogP contribution >= 0.6 is 0 Å². The summed E-state index contributed by atoms with van der Waals surface area (Å²) in [7, 11) is 0. The highest BCUT2D eigenvalue weighted by Crippen LogP contribution is 2.19. The molecule has 4 rings (SSSR count). The van der Waals surface area contributed by atoms with Crippen molar-refractivity contribution < 1.29 is 9.59 Å². The number of imidazole rings is 1. The van der Waals surface area contributed by atoms with Gasteiger partial charge in [-0.05, 0) is 36.1 Å². The summed E-state index contributed by atoms with van der Waals surface area (Å²) in [4.78, 5) is 30.9. The predicted octanol–water partition coefficient (Wildman–Crippen LogP) is 3.49. The summed E-state index contributed by atoms with van der Waals surface area (Å²) >= 11 is 0. The maximum absolute atomic E-state index is 12.6. The number of para-hydroxylation sites is 1. The molecule has 1 saturated heterocycles. The fourth-order valence-corrected chi connectivity index (χ4v) is 3.83. The quantitative estimate of drug-likeness (QED) is 0.644. The Labute approximate surface area is 182 Å². The van der Waals surface area contributed by atoms with Crippen LogP contribution in [-0.2, 0) is 17.9 Å². The molecule has 1 fully saturated rings. The van der Waals surface area contributed by atoms with Crippen molar-refractivity contribution in [1.29, 1.82) is 0 Å². The number of piperidine rings is 1. The van der Waals surface area contributed by atoms with Crippen LogP contribution in [0.1, 0.15) is 24.0 Å². The molecule has 2 aromatic carbocycles. The summed E-state index contributed by atoms with van der Waals surface area (Å²) in [5, 5.41) is 5.97. The number of aromatic nitrogens is 2. The Morgan fingerprint density at radius 1 is 1.00 bits per heavy atom. The summed E-state index contributed by atoms with van der Waals surface area (Å²) in [6.45, 7) is 2.42. The smallest absolute Gasteiger partial charge is 0.321 e. The molecule has 0 unspecified atom stereocenters. The number of hydrogen-bond donors (Lipinski definition) is 2. The van der Waals surface area contributed by atoms with Gasteiger partial charge in [-0.1, -0.05) is 42.5 Å². The molecule has 7 heteroatoms. The van der Waals surface area contributed by atoms with Crippen LogP contribution in [0.25, 0.3) is 0 Å². The van der Waals surface area contributed by atoms with Crippen molar-refractivity contribution in [2.75, 3.05) is 18.4 Å². The second kappa shape index (κ2) is 9.93. The van der Waals surface area contributed by atoms with Crippen LogP contribution < -0.4 is 10.6 Å². The van der Waals surface area contributed by atoms with Crippen LogP contribution in [0.4, 0.5) is 10.5 Å². The maximum Gasteiger partial charge on any atom is 0.321 e. The molecule has 3 aromatic rings. The number of likely N-dealkylation sites (tertiary alicyclic amines) is 1. The van der Waals surface area contributed by atoms with E-state index in [-0.39, 0.29) is 17.9 Å². The van der Waals surface area contributed by atoms with Crippen LogP contribution in [0.5, 0.6) is 0 Å². The van der Waals surface area contributed by atoms with Crippen LogP contribution in [-0.4, -0.2) is 39.5 Å². The molecular weight excluding hydrogens is 390 g/mol. The summed E-state index contributed by atoms with van der Waals surface area (Å²) in [6.07, 6.45) is 6.84. The molecule has 1 aliphatic heterocycles. The number of urea groups is 1. The first-order valence-electron chi connectivity index (χ1n) is 10.6. The van der Waals surface area contributed by atoms with Gasteiger partial charge in [0.1, 0.15) is 0 Å². The second-order valence-electron chi connectivity index (χ2n) is 7.83. The van der Waals surface area contributed by atoms with E-state index in [2.05, 4.69) is 27.8 Å². The molecule has 0 aliphatic carbocycles. The molecule has 0 spiro atoms. The zero-order chi connectivity index (χ0) is 21.5. The van der Waals surface area contributed by atoms with Gasteiger partial charge in [0, 0.05) is 50.2 Å². The van der Waals surface area contributed by atoms with Gasteiger partial charge in [0.25, 0.3) is 0 Å². The highest BCUT2D eigenvalue weighted by atomic mass is 16.2. The third kappa shape index (κ3) is 5.72. The molecule has 160 valence electrons. The molecule has 7 nitrogen and oxygen atoms in total. The van der Waals surface area contributed by atoms with Gasteiger partial charge in [0.05, 0.1) is 6.33 Å². The van der Waals surface area contributed by atoms with E-state index in [9.17, 15) is 9.59 Å². The zero-order valence-corrected chi connectivity index (χ0v) is 17.4. The minimum absolute atomic E-state index is 0.0585. The summed E-state index contributed by atoms with van der Waals surface area (Å²) in [5.74, 6) is -0.00182. The van der Waals surface area contributed by atoms with E-state index in [0.717, 1.165) is 17.8 Å². The van der Waals surface area contributed by atoms with Crippen molar-refractivity contribution in [3.8, 4) is 0 Å². The summed E-state index contributed by atoms with van der Waals surface area (Å²) in [6, 6.07) is 17.5. The van der Waals surface area contributed by atoms with E-state index in [1.807, 2.05) is 53.2 Å². The first-order chi connectivity index (χ1) is 15.2. The number of anilines is 1. The zero-order valence-electron chi connectivity index (χ0n) is 17.4. The van der Waals surface area contributed by atoms with E-state index in [1.54, 1.807) is 17.4 Å². The first kappa shape index (κ1) is 20.7. The number of amides is 3. The van der Waals surface area contributed by atoms with E-state index in [0.29, 0.717) is 32.5 Å². The van der Waals surface area contributed by atoms with Crippen molar-refractivity contribution in [3.05, 3.63) is 84.4 Å². The molecule has 0 radical (unpaired) electrons. The second-order valence-corrected chi connectivity index (χ2v) is 7.83. The highest BCUT2D eigenvalue weighted by molar-refractivity contribution is 5.89. The average molecular weight is 418 g/mol. The number of carbonyl (C=O) groups excluding carboxylic acids is 2. The number of carbonyl (C=O) groups is 2. The normalized spacial score (nSPS) is 14.3. The van der Waals surface area contributed by atoms with Crippen molar-refractivity contribution in [2.24, 2.45) is 5.92 Å². The van der Waals surface area contributed by atoms with Gasteiger partial charge in [-0.15, -0.1) is 0 Å². The number of nitrogens with zero attached hydrogens (tertiary/aromatic N) is 3. The predicted molar refractivity (Wildman–Crippen MR) is 119 cm³/mol. The molecule has 0 bridgehead atoms. The van der Waals surface area contributed by atoms with E-state index in [1.165, 1.54) is 5.56 Å². The van der Waals surface area contributed by atoms with Gasteiger partial charge < -0.3 is 20.1 Å². The lowest BCUT2D eigenvalue weighted by Crippen LogP contribution is -2.44. The van der Waals surface area contributed by atoms with Crippen molar-refractivity contribution in [2.45, 2.75) is 25.9 Å². The third-order valence-corrected chi connectivity index (χ3v) is 5.56. The Balaban J connectivity index is 1.23. The molecule has 0 atom stereocenters. The monoisotopic (exact) mass is 417 g/mol. The van der Waals surface area contributed by atoms with Crippen LogP contribution in [0.3, 0.4) is 0 Å². The molecule has 3 amide bonds. The van der Waals surface area contributed by atoms with Crippen LogP contribution in [0.2, 0.25) is 0 Å². The minimum Gasteiger partial charge on any atom is -0.352 e. The lowest BCUT2D eigenvalue weighted by atomic mass is 9.96. The van der Waals surface area contributed by atoms with E-state index >= 15 is 0 Å². The summed E-state index contributed by atoms with van der Waals surface area (Å²) in [5.41, 5.74) is 3.02. The largest absolute Gasteiger partial charge is 0.352 e. The Kier molecular flexibility index (Phi) is 6.62. The average Bonchev–Trinajstić information content (AvgIpc) is 3.31. The van der Waals surface area contributed by atoms with Gasteiger partial charge in [-0.2, -0.15) is 0 Å².